The van der Waals surface area contributed by atoms with Crippen LogP contribution in [0.3, 0.4) is 0 Å². The van der Waals surface area contributed by atoms with E-state index >= 15 is 0 Å². The molecular formula is C14H18N2O5. The van der Waals surface area contributed by atoms with E-state index in [9.17, 15) is 20.0 Å². The second-order valence-electron chi connectivity index (χ2n) is 5.19. The molecule has 0 bridgehead atoms. The summed E-state index contributed by atoms with van der Waals surface area (Å²) in [6.07, 6.45) is -0.677. The lowest BCUT2D eigenvalue weighted by atomic mass is 10.0. The van der Waals surface area contributed by atoms with Crippen LogP contribution in [0.1, 0.15) is 22.8 Å². The molecule has 1 aliphatic rings. The number of hydrogen-bond acceptors (Lipinski definition) is 5. The third-order valence-electron chi connectivity index (χ3n) is 3.48. The number of nitrogens with zero attached hydrogens (tertiary/aromatic N) is 2. The molecule has 1 saturated heterocycles. The lowest BCUT2D eigenvalue weighted by Crippen LogP contribution is -2.50. The first-order valence-electron chi connectivity index (χ1n) is 6.73. The fourth-order valence-electron chi connectivity index (χ4n) is 2.55. The van der Waals surface area contributed by atoms with Gasteiger partial charge in [-0.2, -0.15) is 0 Å². The fraction of sp³-hybridized carbons (Fsp3) is 0.500. The Morgan fingerprint density at radius 2 is 2.24 bits per heavy atom. The van der Waals surface area contributed by atoms with Crippen molar-refractivity contribution in [2.24, 2.45) is 0 Å². The van der Waals surface area contributed by atoms with Crippen molar-refractivity contribution in [3.8, 4) is 0 Å². The van der Waals surface area contributed by atoms with Crippen molar-refractivity contribution in [3.63, 3.8) is 0 Å². The van der Waals surface area contributed by atoms with Crippen molar-refractivity contribution in [3.05, 3.63) is 39.4 Å². The maximum absolute atomic E-state index is 12.6. The highest BCUT2D eigenvalue weighted by Gasteiger charge is 2.32. The third-order valence-corrected chi connectivity index (χ3v) is 3.48. The number of aliphatic hydroxyl groups excluding tert-OH is 1. The van der Waals surface area contributed by atoms with Gasteiger partial charge in [-0.3, -0.25) is 14.9 Å². The van der Waals surface area contributed by atoms with E-state index in [1.807, 2.05) is 0 Å². The number of hydrogen-bond donors (Lipinski definition) is 1. The Balaban J connectivity index is 2.34. The molecule has 7 heteroatoms. The first-order chi connectivity index (χ1) is 9.93. The minimum atomic E-state index is -0.548. The number of carbonyl (C=O) groups is 1. The molecule has 1 aliphatic heterocycles. The Kier molecular flexibility index (Phi) is 4.54. The lowest BCUT2D eigenvalue weighted by molar-refractivity contribution is -0.385. The smallest absolute Gasteiger partial charge is 0.282 e. The Labute approximate surface area is 122 Å². The van der Waals surface area contributed by atoms with Gasteiger partial charge in [0.1, 0.15) is 5.56 Å². The van der Waals surface area contributed by atoms with Gasteiger partial charge in [0.2, 0.25) is 0 Å². The van der Waals surface area contributed by atoms with E-state index < -0.39 is 16.9 Å². The summed E-state index contributed by atoms with van der Waals surface area (Å²) in [5.41, 5.74) is 0.474. The molecule has 114 valence electrons. The van der Waals surface area contributed by atoms with Crippen LogP contribution in [-0.4, -0.2) is 52.7 Å². The number of benzene rings is 1. The average Bonchev–Trinajstić information content (AvgIpc) is 2.45. The molecule has 2 unspecified atom stereocenters. The van der Waals surface area contributed by atoms with Gasteiger partial charge in [0.25, 0.3) is 11.6 Å². The predicted octanol–water partition coefficient (Wildman–Crippen LogP) is 1.13. The second kappa shape index (κ2) is 6.19. The van der Waals surface area contributed by atoms with Gasteiger partial charge in [-0.05, 0) is 19.4 Å². The normalized spacial score (nSPS) is 22.1. The minimum absolute atomic E-state index is 0.105. The maximum Gasteiger partial charge on any atom is 0.282 e. The first kappa shape index (κ1) is 15.4. The van der Waals surface area contributed by atoms with Gasteiger partial charge in [0, 0.05) is 19.2 Å². The lowest BCUT2D eigenvalue weighted by Gasteiger charge is -2.36. The molecule has 0 saturated carbocycles. The van der Waals surface area contributed by atoms with Crippen molar-refractivity contribution < 1.29 is 19.6 Å². The largest absolute Gasteiger partial charge is 0.394 e. The van der Waals surface area contributed by atoms with Crippen LogP contribution in [0.4, 0.5) is 5.69 Å². The number of ether oxygens (including phenoxy) is 1. The van der Waals surface area contributed by atoms with E-state index in [0.717, 1.165) is 0 Å². The summed E-state index contributed by atoms with van der Waals surface area (Å²) in [4.78, 5) is 24.7. The molecule has 1 aromatic carbocycles. The summed E-state index contributed by atoms with van der Waals surface area (Å²) in [6.45, 7) is 3.86. The van der Waals surface area contributed by atoms with Crippen LogP contribution in [0, 0.1) is 17.0 Å². The molecule has 2 atom stereocenters. The van der Waals surface area contributed by atoms with Crippen molar-refractivity contribution in [1.82, 2.24) is 4.90 Å². The van der Waals surface area contributed by atoms with Crippen LogP contribution < -0.4 is 0 Å². The molecule has 0 radical (unpaired) electrons. The monoisotopic (exact) mass is 294 g/mol. The van der Waals surface area contributed by atoms with Crippen molar-refractivity contribution in [1.29, 1.82) is 0 Å². The van der Waals surface area contributed by atoms with Crippen LogP contribution >= 0.6 is 0 Å². The van der Waals surface area contributed by atoms with Crippen LogP contribution in [0.2, 0.25) is 0 Å². The van der Waals surface area contributed by atoms with Crippen LogP contribution in [0.25, 0.3) is 0 Å². The van der Waals surface area contributed by atoms with Gasteiger partial charge in [-0.1, -0.05) is 12.1 Å². The minimum Gasteiger partial charge on any atom is -0.394 e. The van der Waals surface area contributed by atoms with Crippen LogP contribution in [-0.2, 0) is 4.74 Å². The molecule has 7 nitrogen and oxygen atoms in total. The first-order valence-corrected chi connectivity index (χ1v) is 6.73. The highest BCUT2D eigenvalue weighted by molar-refractivity contribution is 5.99. The summed E-state index contributed by atoms with van der Waals surface area (Å²) in [7, 11) is 0. The van der Waals surface area contributed by atoms with Gasteiger partial charge in [0.05, 0.1) is 23.7 Å². The summed E-state index contributed by atoms with van der Waals surface area (Å²) in [5, 5.41) is 20.3. The van der Waals surface area contributed by atoms with E-state index in [4.69, 9.17) is 4.74 Å². The molecule has 1 N–H and O–H groups in total. The molecule has 1 amide bonds. The zero-order valence-corrected chi connectivity index (χ0v) is 12.0. The second-order valence-corrected chi connectivity index (χ2v) is 5.19. The van der Waals surface area contributed by atoms with Crippen molar-refractivity contribution >= 4 is 11.6 Å². The molecule has 1 heterocycles. The zero-order valence-electron chi connectivity index (χ0n) is 12.0. The summed E-state index contributed by atoms with van der Waals surface area (Å²) in [5.74, 6) is -0.395. The van der Waals surface area contributed by atoms with E-state index in [-0.39, 0.29) is 30.5 Å². The number of aryl methyl sites for hydroxylation is 1. The molecule has 0 aromatic heterocycles. The summed E-state index contributed by atoms with van der Waals surface area (Å²) < 4.78 is 5.48. The van der Waals surface area contributed by atoms with Gasteiger partial charge in [-0.25, -0.2) is 0 Å². The fourth-order valence-corrected chi connectivity index (χ4v) is 2.55. The molecule has 21 heavy (non-hydrogen) atoms. The number of carbonyl (C=O) groups excluding carboxylic acids is 1. The molecular weight excluding hydrogens is 276 g/mol. The predicted molar refractivity (Wildman–Crippen MR) is 75.2 cm³/mol. The standard InChI is InChI=1S/C14H18N2O5/c1-9-4-3-5-12(16(19)20)13(9)14(18)15-6-10(2)21-11(7-15)8-17/h3-5,10-11,17H,6-8H2,1-2H3. The topological polar surface area (TPSA) is 92.9 Å². The Morgan fingerprint density at radius 1 is 1.52 bits per heavy atom. The number of nitro benzene ring substituents is 1. The van der Waals surface area contributed by atoms with Crippen LogP contribution in [0.5, 0.6) is 0 Å². The van der Waals surface area contributed by atoms with Crippen molar-refractivity contribution in [2.45, 2.75) is 26.1 Å². The van der Waals surface area contributed by atoms with Gasteiger partial charge >= 0.3 is 0 Å². The highest BCUT2D eigenvalue weighted by Crippen LogP contribution is 2.25. The third kappa shape index (κ3) is 3.20. The number of nitro groups is 1. The van der Waals surface area contributed by atoms with Crippen LogP contribution in [0.15, 0.2) is 18.2 Å². The summed E-state index contributed by atoms with van der Waals surface area (Å²) in [6, 6.07) is 4.56. The quantitative estimate of drug-likeness (QED) is 0.666. The molecule has 2 rings (SSSR count). The van der Waals surface area contributed by atoms with Gasteiger partial charge < -0.3 is 14.7 Å². The molecule has 0 spiro atoms. The maximum atomic E-state index is 12.6. The number of amides is 1. The van der Waals surface area contributed by atoms with Crippen molar-refractivity contribution in [2.75, 3.05) is 19.7 Å². The van der Waals surface area contributed by atoms with E-state index in [0.29, 0.717) is 12.1 Å². The molecule has 1 fully saturated rings. The molecule has 1 aromatic rings. The molecule has 0 aliphatic carbocycles. The zero-order chi connectivity index (χ0) is 15.6. The number of rotatable bonds is 3. The van der Waals surface area contributed by atoms with Gasteiger partial charge in [-0.15, -0.1) is 0 Å². The van der Waals surface area contributed by atoms with E-state index in [1.165, 1.54) is 11.0 Å². The SMILES string of the molecule is Cc1cccc([N+](=O)[O-])c1C(=O)N1CC(C)OC(CO)C1. The number of morpholine rings is 1. The van der Waals surface area contributed by atoms with Gasteiger partial charge in [0.15, 0.2) is 0 Å². The van der Waals surface area contributed by atoms with E-state index in [2.05, 4.69) is 0 Å². The summed E-state index contributed by atoms with van der Waals surface area (Å²) >= 11 is 0. The highest BCUT2D eigenvalue weighted by atomic mass is 16.6. The average molecular weight is 294 g/mol. The van der Waals surface area contributed by atoms with E-state index in [1.54, 1.807) is 26.0 Å². The Bertz CT molecular complexity index is 560. The number of aliphatic hydroxyl groups is 1. The Morgan fingerprint density at radius 3 is 2.86 bits per heavy atom. The Hall–Kier alpha value is -1.99.